The number of anilines is 1. The molecule has 0 unspecified atom stereocenters. The van der Waals surface area contributed by atoms with Crippen LogP contribution in [0.4, 0.5) is 5.69 Å². The molecule has 130 valence electrons. The molecule has 6 heteroatoms. The molecule has 0 saturated heterocycles. The summed E-state index contributed by atoms with van der Waals surface area (Å²) in [7, 11) is 0. The Morgan fingerprint density at radius 1 is 0.960 bits per heavy atom. The van der Waals surface area contributed by atoms with Crippen LogP contribution in [0.15, 0.2) is 42.5 Å². The molecule has 6 nitrogen and oxygen atoms in total. The van der Waals surface area contributed by atoms with E-state index in [0.717, 1.165) is 12.0 Å². The SMILES string of the molecule is CCc1ccc(NC(=O)CC(=O)NCc2ccc3c(c2)OCO3)cc1. The molecule has 3 rings (SSSR count). The molecule has 0 aliphatic carbocycles. The van der Waals surface area contributed by atoms with Crippen molar-refractivity contribution in [1.29, 1.82) is 0 Å². The van der Waals surface area contributed by atoms with Gasteiger partial charge >= 0.3 is 0 Å². The van der Waals surface area contributed by atoms with Crippen molar-refractivity contribution in [3.63, 3.8) is 0 Å². The van der Waals surface area contributed by atoms with Gasteiger partial charge < -0.3 is 20.1 Å². The molecule has 2 N–H and O–H groups in total. The predicted octanol–water partition coefficient (Wildman–Crippen LogP) is 2.62. The van der Waals surface area contributed by atoms with Crippen LogP contribution in [0.1, 0.15) is 24.5 Å². The molecule has 25 heavy (non-hydrogen) atoms. The molecule has 2 aromatic carbocycles. The maximum absolute atomic E-state index is 11.9. The summed E-state index contributed by atoms with van der Waals surface area (Å²) >= 11 is 0. The second-order valence-electron chi connectivity index (χ2n) is 5.74. The molecule has 0 bridgehead atoms. The summed E-state index contributed by atoms with van der Waals surface area (Å²) in [5.41, 5.74) is 2.76. The number of benzene rings is 2. The summed E-state index contributed by atoms with van der Waals surface area (Å²) in [6, 6.07) is 13.0. The van der Waals surface area contributed by atoms with Gasteiger partial charge in [-0.1, -0.05) is 25.1 Å². The van der Waals surface area contributed by atoms with E-state index < -0.39 is 0 Å². The van der Waals surface area contributed by atoms with Crippen LogP contribution in [0.2, 0.25) is 0 Å². The summed E-state index contributed by atoms with van der Waals surface area (Å²) in [5.74, 6) is 0.691. The highest BCUT2D eigenvalue weighted by atomic mass is 16.7. The Labute approximate surface area is 146 Å². The molecule has 0 saturated carbocycles. The third-order valence-corrected chi connectivity index (χ3v) is 3.89. The highest BCUT2D eigenvalue weighted by Crippen LogP contribution is 2.32. The van der Waals surface area contributed by atoms with Crippen molar-refractivity contribution in [2.45, 2.75) is 26.3 Å². The van der Waals surface area contributed by atoms with Crippen LogP contribution in [0.25, 0.3) is 0 Å². The molecule has 1 aliphatic rings. The van der Waals surface area contributed by atoms with Crippen LogP contribution in [-0.2, 0) is 22.6 Å². The van der Waals surface area contributed by atoms with Gasteiger partial charge in [0, 0.05) is 12.2 Å². The average Bonchev–Trinajstić information content (AvgIpc) is 3.08. The van der Waals surface area contributed by atoms with Crippen LogP contribution in [0.3, 0.4) is 0 Å². The molecule has 0 spiro atoms. The predicted molar refractivity (Wildman–Crippen MR) is 93.5 cm³/mol. The fraction of sp³-hybridized carbons (Fsp3) is 0.263. The smallest absolute Gasteiger partial charge is 0.233 e. The monoisotopic (exact) mass is 340 g/mol. The number of rotatable bonds is 6. The minimum atomic E-state index is -0.340. The normalized spacial score (nSPS) is 11.9. The number of hydrogen-bond donors (Lipinski definition) is 2. The Morgan fingerprint density at radius 2 is 1.68 bits per heavy atom. The molecule has 0 atom stereocenters. The maximum atomic E-state index is 11.9. The molecule has 1 aliphatic heterocycles. The topological polar surface area (TPSA) is 76.7 Å². The van der Waals surface area contributed by atoms with Crippen molar-refractivity contribution in [2.75, 3.05) is 12.1 Å². The number of carbonyl (C=O) groups excluding carboxylic acids is 2. The molecule has 2 aromatic rings. The van der Waals surface area contributed by atoms with E-state index in [1.54, 1.807) is 6.07 Å². The van der Waals surface area contributed by atoms with Gasteiger partial charge in [0.2, 0.25) is 18.6 Å². The maximum Gasteiger partial charge on any atom is 0.233 e. The molecular weight excluding hydrogens is 320 g/mol. The summed E-state index contributed by atoms with van der Waals surface area (Å²) in [6.07, 6.45) is 0.719. The highest BCUT2D eigenvalue weighted by molar-refractivity contribution is 6.03. The minimum Gasteiger partial charge on any atom is -0.454 e. The minimum absolute atomic E-state index is 0.213. The van der Waals surface area contributed by atoms with Crippen LogP contribution < -0.4 is 20.1 Å². The van der Waals surface area contributed by atoms with Gasteiger partial charge in [0.25, 0.3) is 0 Å². The number of aryl methyl sites for hydroxylation is 1. The first-order valence-electron chi connectivity index (χ1n) is 8.18. The van der Waals surface area contributed by atoms with E-state index in [-0.39, 0.29) is 25.0 Å². The molecule has 0 fully saturated rings. The number of ether oxygens (including phenoxy) is 2. The number of amides is 2. The zero-order valence-corrected chi connectivity index (χ0v) is 14.0. The van der Waals surface area contributed by atoms with Gasteiger partial charge in [0.15, 0.2) is 11.5 Å². The van der Waals surface area contributed by atoms with Gasteiger partial charge in [0.05, 0.1) is 0 Å². The Hall–Kier alpha value is -3.02. The standard InChI is InChI=1S/C19H20N2O4/c1-2-13-3-6-15(7-4-13)21-19(23)10-18(22)20-11-14-5-8-16-17(9-14)25-12-24-16/h3-9H,2,10-12H2,1H3,(H,20,22)(H,21,23). The van der Waals surface area contributed by atoms with E-state index in [2.05, 4.69) is 17.6 Å². The Bertz CT molecular complexity index is 771. The Balaban J connectivity index is 1.46. The van der Waals surface area contributed by atoms with Gasteiger partial charge in [-0.05, 0) is 41.8 Å². The fourth-order valence-corrected chi connectivity index (χ4v) is 2.49. The van der Waals surface area contributed by atoms with Crippen molar-refractivity contribution in [2.24, 2.45) is 0 Å². The summed E-state index contributed by atoms with van der Waals surface area (Å²) in [4.78, 5) is 23.9. The lowest BCUT2D eigenvalue weighted by atomic mass is 10.1. The largest absolute Gasteiger partial charge is 0.454 e. The first-order valence-corrected chi connectivity index (χ1v) is 8.18. The molecular formula is C19H20N2O4. The van der Waals surface area contributed by atoms with Crippen LogP contribution >= 0.6 is 0 Å². The lowest BCUT2D eigenvalue weighted by molar-refractivity contribution is -0.126. The first-order chi connectivity index (χ1) is 12.1. The quantitative estimate of drug-likeness (QED) is 0.793. The third kappa shape index (κ3) is 4.50. The van der Waals surface area contributed by atoms with Crippen LogP contribution in [0.5, 0.6) is 11.5 Å². The molecule has 2 amide bonds. The average molecular weight is 340 g/mol. The number of hydrogen-bond acceptors (Lipinski definition) is 4. The van der Waals surface area contributed by atoms with Gasteiger partial charge in [0.1, 0.15) is 6.42 Å². The zero-order chi connectivity index (χ0) is 17.6. The lowest BCUT2D eigenvalue weighted by Crippen LogP contribution is -2.27. The first kappa shape index (κ1) is 16.8. The van der Waals surface area contributed by atoms with Crippen molar-refractivity contribution in [3.05, 3.63) is 53.6 Å². The van der Waals surface area contributed by atoms with Crippen molar-refractivity contribution in [1.82, 2.24) is 5.32 Å². The third-order valence-electron chi connectivity index (χ3n) is 3.89. The number of nitrogens with one attached hydrogen (secondary N) is 2. The highest BCUT2D eigenvalue weighted by Gasteiger charge is 2.14. The van der Waals surface area contributed by atoms with Crippen LogP contribution in [-0.4, -0.2) is 18.6 Å². The molecule has 0 radical (unpaired) electrons. The van der Waals surface area contributed by atoms with E-state index >= 15 is 0 Å². The fourth-order valence-electron chi connectivity index (χ4n) is 2.49. The van der Waals surface area contributed by atoms with E-state index in [0.29, 0.717) is 23.7 Å². The zero-order valence-electron chi connectivity index (χ0n) is 14.0. The molecule has 0 aromatic heterocycles. The van der Waals surface area contributed by atoms with E-state index in [9.17, 15) is 9.59 Å². The lowest BCUT2D eigenvalue weighted by Gasteiger charge is -2.08. The van der Waals surface area contributed by atoms with E-state index in [1.807, 2.05) is 36.4 Å². The van der Waals surface area contributed by atoms with Crippen molar-refractivity contribution >= 4 is 17.5 Å². The van der Waals surface area contributed by atoms with Gasteiger partial charge in [-0.2, -0.15) is 0 Å². The van der Waals surface area contributed by atoms with E-state index in [1.165, 1.54) is 5.56 Å². The van der Waals surface area contributed by atoms with Gasteiger partial charge in [-0.3, -0.25) is 9.59 Å². The second kappa shape index (κ2) is 7.70. The summed E-state index contributed by atoms with van der Waals surface area (Å²) in [5, 5.41) is 5.45. The summed E-state index contributed by atoms with van der Waals surface area (Å²) in [6.45, 7) is 2.61. The van der Waals surface area contributed by atoms with Crippen molar-refractivity contribution in [3.8, 4) is 11.5 Å². The Morgan fingerprint density at radius 3 is 2.44 bits per heavy atom. The van der Waals surface area contributed by atoms with Crippen molar-refractivity contribution < 1.29 is 19.1 Å². The van der Waals surface area contributed by atoms with Gasteiger partial charge in [-0.25, -0.2) is 0 Å². The Kier molecular flexibility index (Phi) is 5.18. The van der Waals surface area contributed by atoms with Crippen LogP contribution in [0, 0.1) is 0 Å². The van der Waals surface area contributed by atoms with Gasteiger partial charge in [-0.15, -0.1) is 0 Å². The summed E-state index contributed by atoms with van der Waals surface area (Å²) < 4.78 is 10.5. The molecule has 1 heterocycles. The van der Waals surface area contributed by atoms with E-state index in [4.69, 9.17) is 9.47 Å². The number of carbonyl (C=O) groups is 2. The second-order valence-corrected chi connectivity index (χ2v) is 5.74. The number of fused-ring (bicyclic) bond motifs is 1.